The second-order valence-electron chi connectivity index (χ2n) is 1.30. The molecule has 0 aromatic rings. The molecule has 44 valence electrons. The average molecular weight is 127 g/mol. The molecule has 8 heavy (non-hydrogen) atoms. The summed E-state index contributed by atoms with van der Waals surface area (Å²) in [6.45, 7) is 0. The zero-order chi connectivity index (χ0) is 6.24. The van der Waals surface area contributed by atoms with E-state index in [1.807, 2.05) is 17.7 Å². The number of unbranched alkanes of at least 4 members (excludes halogenated alkanes) is 1. The minimum atomic E-state index is 0.636. The van der Waals surface area contributed by atoms with Crippen molar-refractivity contribution < 1.29 is 0 Å². The molecule has 0 aliphatic carbocycles. The SMILES string of the molecule is CSC=CCCC#N. The van der Waals surface area contributed by atoms with Gasteiger partial charge < -0.3 is 0 Å². The van der Waals surface area contributed by atoms with Crippen molar-refractivity contribution in [1.82, 2.24) is 0 Å². The molecule has 0 heterocycles. The fraction of sp³-hybridized carbons (Fsp3) is 0.500. The molecular weight excluding hydrogens is 118 g/mol. The van der Waals surface area contributed by atoms with Crippen LogP contribution in [0.4, 0.5) is 0 Å². The molecule has 0 N–H and O–H groups in total. The number of rotatable bonds is 3. The Labute approximate surface area is 54.4 Å². The molecule has 0 radical (unpaired) electrons. The molecule has 0 atom stereocenters. The number of nitriles is 1. The molecule has 0 unspecified atom stereocenters. The monoisotopic (exact) mass is 127 g/mol. The minimum absolute atomic E-state index is 0.636. The molecule has 0 rings (SSSR count). The van der Waals surface area contributed by atoms with E-state index in [0.717, 1.165) is 6.42 Å². The second-order valence-corrected chi connectivity index (χ2v) is 2.05. The molecule has 2 heteroatoms. The van der Waals surface area contributed by atoms with Crippen LogP contribution in [0.3, 0.4) is 0 Å². The van der Waals surface area contributed by atoms with Crippen LogP contribution in [-0.4, -0.2) is 6.26 Å². The normalized spacial score (nSPS) is 9.50. The summed E-state index contributed by atoms with van der Waals surface area (Å²) in [5.41, 5.74) is 0. The van der Waals surface area contributed by atoms with Crippen LogP contribution in [0, 0.1) is 11.3 Å². The van der Waals surface area contributed by atoms with Crippen molar-refractivity contribution >= 4 is 11.8 Å². The van der Waals surface area contributed by atoms with Crippen molar-refractivity contribution in [2.24, 2.45) is 0 Å². The summed E-state index contributed by atoms with van der Waals surface area (Å²) in [7, 11) is 0. The van der Waals surface area contributed by atoms with Gasteiger partial charge in [0, 0.05) is 6.42 Å². The topological polar surface area (TPSA) is 23.8 Å². The molecule has 0 spiro atoms. The molecule has 0 saturated heterocycles. The Morgan fingerprint density at radius 1 is 1.75 bits per heavy atom. The highest BCUT2D eigenvalue weighted by Crippen LogP contribution is 1.96. The first-order chi connectivity index (χ1) is 3.91. The van der Waals surface area contributed by atoms with Crippen molar-refractivity contribution in [3.05, 3.63) is 11.5 Å². The molecule has 0 aromatic heterocycles. The third-order valence-corrected chi connectivity index (χ3v) is 1.12. The van der Waals surface area contributed by atoms with E-state index in [1.165, 1.54) is 0 Å². The number of hydrogen-bond donors (Lipinski definition) is 0. The molecular formula is C6H9NS. The number of thioether (sulfide) groups is 1. The second kappa shape index (κ2) is 6.58. The van der Waals surface area contributed by atoms with Gasteiger partial charge in [0.1, 0.15) is 0 Å². The van der Waals surface area contributed by atoms with E-state index in [-0.39, 0.29) is 0 Å². The van der Waals surface area contributed by atoms with Crippen LogP contribution < -0.4 is 0 Å². The summed E-state index contributed by atoms with van der Waals surface area (Å²) in [5.74, 6) is 0. The Balaban J connectivity index is 2.94. The summed E-state index contributed by atoms with van der Waals surface area (Å²) in [4.78, 5) is 0. The van der Waals surface area contributed by atoms with Gasteiger partial charge in [0.05, 0.1) is 6.07 Å². The molecule has 0 aliphatic rings. The van der Waals surface area contributed by atoms with Gasteiger partial charge >= 0.3 is 0 Å². The first kappa shape index (κ1) is 7.58. The lowest BCUT2D eigenvalue weighted by atomic mass is 10.3. The van der Waals surface area contributed by atoms with E-state index in [4.69, 9.17) is 5.26 Å². The van der Waals surface area contributed by atoms with Crippen LogP contribution in [0.5, 0.6) is 0 Å². The summed E-state index contributed by atoms with van der Waals surface area (Å²) >= 11 is 1.66. The van der Waals surface area contributed by atoms with Crippen LogP contribution in [0.2, 0.25) is 0 Å². The first-order valence-corrected chi connectivity index (χ1v) is 3.75. The van der Waals surface area contributed by atoms with E-state index in [0.29, 0.717) is 6.42 Å². The van der Waals surface area contributed by atoms with Crippen molar-refractivity contribution in [3.63, 3.8) is 0 Å². The maximum Gasteiger partial charge on any atom is 0.0625 e. The molecule has 0 aliphatic heterocycles. The number of nitrogens with zero attached hydrogens (tertiary/aromatic N) is 1. The standard InChI is InChI=1S/C6H9NS/c1-8-6-4-2-3-5-7/h4,6H,2-3H2,1H3. The van der Waals surface area contributed by atoms with Crippen LogP contribution in [0.15, 0.2) is 11.5 Å². The van der Waals surface area contributed by atoms with Gasteiger partial charge in [-0.3, -0.25) is 0 Å². The highest BCUT2D eigenvalue weighted by molar-refractivity contribution is 8.01. The third-order valence-electron chi connectivity index (χ3n) is 0.655. The summed E-state index contributed by atoms with van der Waals surface area (Å²) < 4.78 is 0. The van der Waals surface area contributed by atoms with Gasteiger partial charge in [-0.1, -0.05) is 6.08 Å². The zero-order valence-corrected chi connectivity index (χ0v) is 5.74. The van der Waals surface area contributed by atoms with E-state index in [1.54, 1.807) is 11.8 Å². The molecule has 0 saturated carbocycles. The van der Waals surface area contributed by atoms with Gasteiger partial charge in [0.2, 0.25) is 0 Å². The molecule has 0 amide bonds. The summed E-state index contributed by atoms with van der Waals surface area (Å²) in [6, 6.07) is 2.07. The first-order valence-electron chi connectivity index (χ1n) is 2.46. The number of allylic oxidation sites excluding steroid dienone is 1. The van der Waals surface area contributed by atoms with Crippen molar-refractivity contribution in [2.45, 2.75) is 12.8 Å². The van der Waals surface area contributed by atoms with Gasteiger partial charge in [0.15, 0.2) is 0 Å². The van der Waals surface area contributed by atoms with Crippen LogP contribution in [-0.2, 0) is 0 Å². The van der Waals surface area contributed by atoms with Crippen molar-refractivity contribution in [2.75, 3.05) is 6.26 Å². The Morgan fingerprint density at radius 2 is 2.50 bits per heavy atom. The lowest BCUT2D eigenvalue weighted by Crippen LogP contribution is -1.60. The Morgan fingerprint density at radius 3 is 3.00 bits per heavy atom. The highest BCUT2D eigenvalue weighted by atomic mass is 32.2. The molecule has 0 aromatic carbocycles. The fourth-order valence-corrected chi connectivity index (χ4v) is 0.641. The average Bonchev–Trinajstić information content (AvgIpc) is 1.81. The van der Waals surface area contributed by atoms with E-state index >= 15 is 0 Å². The van der Waals surface area contributed by atoms with Gasteiger partial charge in [-0.2, -0.15) is 5.26 Å². The summed E-state index contributed by atoms with van der Waals surface area (Å²) in [6.07, 6.45) is 5.53. The van der Waals surface area contributed by atoms with Crippen LogP contribution in [0.1, 0.15) is 12.8 Å². The van der Waals surface area contributed by atoms with Crippen molar-refractivity contribution in [3.8, 4) is 6.07 Å². The van der Waals surface area contributed by atoms with Crippen molar-refractivity contribution in [1.29, 1.82) is 5.26 Å². The Bertz CT molecular complexity index is 102. The lowest BCUT2D eigenvalue weighted by molar-refractivity contribution is 1.06. The fourth-order valence-electron chi connectivity index (χ4n) is 0.312. The summed E-state index contributed by atoms with van der Waals surface area (Å²) in [5, 5.41) is 10.1. The molecule has 1 nitrogen and oxygen atoms in total. The van der Waals surface area contributed by atoms with Crippen LogP contribution in [0.25, 0.3) is 0 Å². The quantitative estimate of drug-likeness (QED) is 0.542. The maximum absolute atomic E-state index is 8.07. The lowest BCUT2D eigenvalue weighted by Gasteiger charge is -1.78. The van der Waals surface area contributed by atoms with E-state index < -0.39 is 0 Å². The van der Waals surface area contributed by atoms with Gasteiger partial charge in [-0.15, -0.1) is 11.8 Å². The Hall–Kier alpha value is -0.420. The molecule has 0 fully saturated rings. The van der Waals surface area contributed by atoms with E-state index in [2.05, 4.69) is 6.07 Å². The van der Waals surface area contributed by atoms with E-state index in [9.17, 15) is 0 Å². The molecule has 0 bridgehead atoms. The smallest absolute Gasteiger partial charge is 0.0625 e. The third kappa shape index (κ3) is 5.58. The predicted molar refractivity (Wildman–Crippen MR) is 37.5 cm³/mol. The van der Waals surface area contributed by atoms with Gasteiger partial charge in [0.25, 0.3) is 0 Å². The Kier molecular flexibility index (Phi) is 6.23. The predicted octanol–water partition coefficient (Wildman–Crippen LogP) is 2.17. The van der Waals surface area contributed by atoms with Crippen LogP contribution >= 0.6 is 11.8 Å². The maximum atomic E-state index is 8.07. The minimum Gasteiger partial charge on any atom is -0.198 e. The zero-order valence-electron chi connectivity index (χ0n) is 4.92. The van der Waals surface area contributed by atoms with Gasteiger partial charge in [-0.25, -0.2) is 0 Å². The largest absolute Gasteiger partial charge is 0.198 e. The van der Waals surface area contributed by atoms with Gasteiger partial charge in [-0.05, 0) is 18.1 Å². The highest BCUT2D eigenvalue weighted by Gasteiger charge is 1.73. The number of hydrogen-bond acceptors (Lipinski definition) is 2.